The Kier molecular flexibility index (Phi) is 7.77. The highest BCUT2D eigenvalue weighted by Gasteiger charge is 2.35. The molecule has 0 N–H and O–H groups in total. The van der Waals surface area contributed by atoms with Gasteiger partial charge in [0.25, 0.3) is 0 Å². The Morgan fingerprint density at radius 2 is 1.25 bits per heavy atom. The fourth-order valence-electron chi connectivity index (χ4n) is 5.39. The van der Waals surface area contributed by atoms with Crippen molar-refractivity contribution < 1.29 is 23.9 Å². The van der Waals surface area contributed by atoms with Crippen molar-refractivity contribution in [3.63, 3.8) is 0 Å². The molecule has 5 aromatic rings. The molecule has 6 rings (SSSR count). The summed E-state index contributed by atoms with van der Waals surface area (Å²) in [5, 5.41) is 1.17. The van der Waals surface area contributed by atoms with Gasteiger partial charge in [-0.2, -0.15) is 0 Å². The number of carbonyl (C=O) groups is 3. The maximum Gasteiger partial charge on any atom is 0.338 e. The van der Waals surface area contributed by atoms with Crippen molar-refractivity contribution in [1.29, 1.82) is 0 Å². The van der Waals surface area contributed by atoms with Crippen molar-refractivity contribution in [2.45, 2.75) is 29.6 Å². The molecule has 0 bridgehead atoms. The number of hydrogen-bond donors (Lipinski definition) is 0. The molecule has 0 fully saturated rings. The molecule has 216 valence electrons. The van der Waals surface area contributed by atoms with Crippen molar-refractivity contribution in [3.8, 4) is 11.5 Å². The SMILES string of the molecule is C=C(C)C(=O)Oc1cc(C2c3ccccc3C(=O)c3cc(Sc4ccccc4)ccc32)c(OC(=O)C(=C)C)c2ccccc12. The molecule has 1 unspecified atom stereocenters. The van der Waals surface area contributed by atoms with Crippen LogP contribution in [0.3, 0.4) is 0 Å². The lowest BCUT2D eigenvalue weighted by molar-refractivity contribution is -0.131. The molecule has 1 aliphatic rings. The third kappa shape index (κ3) is 5.36. The molecule has 0 saturated carbocycles. The highest BCUT2D eigenvalue weighted by Crippen LogP contribution is 2.49. The Balaban J connectivity index is 1.62. The van der Waals surface area contributed by atoms with Gasteiger partial charge in [0.15, 0.2) is 5.78 Å². The lowest BCUT2D eigenvalue weighted by atomic mass is 9.73. The summed E-state index contributed by atoms with van der Waals surface area (Å²) in [7, 11) is 0. The highest BCUT2D eigenvalue weighted by atomic mass is 32.2. The average molecular weight is 597 g/mol. The average Bonchev–Trinajstić information content (AvgIpc) is 3.03. The summed E-state index contributed by atoms with van der Waals surface area (Å²) in [6.45, 7) is 10.7. The van der Waals surface area contributed by atoms with E-state index < -0.39 is 17.9 Å². The van der Waals surface area contributed by atoms with E-state index in [0.29, 0.717) is 39.0 Å². The Hall–Kier alpha value is -5.20. The van der Waals surface area contributed by atoms with Crippen molar-refractivity contribution >= 4 is 40.3 Å². The van der Waals surface area contributed by atoms with Crippen LogP contribution in [-0.2, 0) is 9.59 Å². The molecule has 0 amide bonds. The zero-order valence-corrected chi connectivity index (χ0v) is 25.1. The van der Waals surface area contributed by atoms with E-state index in [1.165, 1.54) is 0 Å². The van der Waals surface area contributed by atoms with Gasteiger partial charge in [0.2, 0.25) is 0 Å². The molecule has 44 heavy (non-hydrogen) atoms. The van der Waals surface area contributed by atoms with Crippen LogP contribution < -0.4 is 9.47 Å². The number of rotatable bonds is 7. The fraction of sp³-hybridized carbons (Fsp3) is 0.0789. The predicted molar refractivity (Wildman–Crippen MR) is 173 cm³/mol. The molecule has 6 heteroatoms. The summed E-state index contributed by atoms with van der Waals surface area (Å²) in [6.07, 6.45) is 0. The first-order valence-electron chi connectivity index (χ1n) is 14.0. The zero-order chi connectivity index (χ0) is 31.0. The molecular weight excluding hydrogens is 568 g/mol. The van der Waals surface area contributed by atoms with E-state index in [0.717, 1.165) is 20.9 Å². The van der Waals surface area contributed by atoms with E-state index in [9.17, 15) is 14.4 Å². The maximum absolute atomic E-state index is 14.0. The molecule has 0 spiro atoms. The van der Waals surface area contributed by atoms with Crippen LogP contribution in [0, 0.1) is 0 Å². The van der Waals surface area contributed by atoms with Crippen molar-refractivity contribution in [3.05, 3.63) is 155 Å². The van der Waals surface area contributed by atoms with Gasteiger partial charge in [-0.3, -0.25) is 4.79 Å². The number of ketones is 1. The second-order valence-corrected chi connectivity index (χ2v) is 11.8. The van der Waals surface area contributed by atoms with E-state index in [-0.39, 0.29) is 16.9 Å². The van der Waals surface area contributed by atoms with E-state index in [4.69, 9.17) is 9.47 Å². The van der Waals surface area contributed by atoms with Crippen molar-refractivity contribution in [2.24, 2.45) is 0 Å². The van der Waals surface area contributed by atoms with Gasteiger partial charge in [-0.15, -0.1) is 0 Å². The quantitative estimate of drug-likeness (QED) is 0.104. The van der Waals surface area contributed by atoms with E-state index in [2.05, 4.69) is 13.2 Å². The van der Waals surface area contributed by atoms with Gasteiger partial charge in [-0.25, -0.2) is 9.59 Å². The Morgan fingerprint density at radius 3 is 1.98 bits per heavy atom. The van der Waals surface area contributed by atoms with Crippen LogP contribution in [0.2, 0.25) is 0 Å². The smallest absolute Gasteiger partial charge is 0.338 e. The molecule has 0 radical (unpaired) electrons. The van der Waals surface area contributed by atoms with Gasteiger partial charge < -0.3 is 9.47 Å². The molecule has 5 aromatic carbocycles. The number of benzene rings is 5. The first kappa shape index (κ1) is 28.9. The number of carbonyl (C=O) groups excluding carboxylic acids is 3. The number of ether oxygens (including phenoxy) is 2. The Labute approximate surface area is 259 Å². The molecular formula is C38H28O5S. The molecule has 0 saturated heterocycles. The summed E-state index contributed by atoms with van der Waals surface area (Å²) in [4.78, 5) is 41.7. The lowest BCUT2D eigenvalue weighted by Crippen LogP contribution is -2.22. The van der Waals surface area contributed by atoms with Gasteiger partial charge in [0.1, 0.15) is 11.5 Å². The maximum atomic E-state index is 14.0. The molecule has 1 aliphatic carbocycles. The minimum absolute atomic E-state index is 0.0856. The van der Waals surface area contributed by atoms with Crippen LogP contribution in [0.4, 0.5) is 0 Å². The molecule has 0 aliphatic heterocycles. The third-order valence-electron chi connectivity index (χ3n) is 7.47. The topological polar surface area (TPSA) is 69.7 Å². The Bertz CT molecular complexity index is 2010. The molecule has 1 atom stereocenters. The van der Waals surface area contributed by atoms with Crippen LogP contribution in [0.5, 0.6) is 11.5 Å². The monoisotopic (exact) mass is 596 g/mol. The number of fused-ring (bicyclic) bond motifs is 3. The minimum atomic E-state index is -0.585. The Morgan fingerprint density at radius 1 is 0.636 bits per heavy atom. The van der Waals surface area contributed by atoms with Crippen molar-refractivity contribution in [1.82, 2.24) is 0 Å². The fourth-order valence-corrected chi connectivity index (χ4v) is 6.27. The van der Waals surface area contributed by atoms with Crippen LogP contribution in [0.1, 0.15) is 52.4 Å². The summed E-state index contributed by atoms with van der Waals surface area (Å²) >= 11 is 1.57. The number of esters is 2. The van der Waals surface area contributed by atoms with Crippen LogP contribution in [0.25, 0.3) is 10.8 Å². The zero-order valence-electron chi connectivity index (χ0n) is 24.3. The molecule has 0 heterocycles. The van der Waals surface area contributed by atoms with Gasteiger partial charge in [0.05, 0.1) is 0 Å². The van der Waals surface area contributed by atoms with Gasteiger partial charge in [0, 0.05) is 54.3 Å². The highest BCUT2D eigenvalue weighted by molar-refractivity contribution is 7.99. The van der Waals surface area contributed by atoms with Crippen LogP contribution >= 0.6 is 11.8 Å². The summed E-state index contributed by atoms with van der Waals surface area (Å²) in [5.74, 6) is -1.16. The standard InChI is InChI=1S/C38H28O5S/c1-22(2)37(40)42-33-21-32(36(43-38(41)23(3)4)30-17-11-8-14-26(30)33)34-27-15-9-10-16-29(27)35(39)31-20-25(18-19-28(31)34)44-24-12-6-5-7-13-24/h5-21,34H,1,3H2,2,4H3. The van der Waals surface area contributed by atoms with E-state index in [1.54, 1.807) is 37.7 Å². The first-order chi connectivity index (χ1) is 21.2. The van der Waals surface area contributed by atoms with Crippen LogP contribution in [0.15, 0.2) is 137 Å². The number of hydrogen-bond acceptors (Lipinski definition) is 6. The van der Waals surface area contributed by atoms with E-state index in [1.807, 2.05) is 91.0 Å². The second-order valence-electron chi connectivity index (χ2n) is 10.7. The van der Waals surface area contributed by atoms with Gasteiger partial charge in [-0.05, 0) is 55.3 Å². The summed E-state index contributed by atoms with van der Waals surface area (Å²) < 4.78 is 11.9. The van der Waals surface area contributed by atoms with Crippen molar-refractivity contribution in [2.75, 3.05) is 0 Å². The minimum Gasteiger partial charge on any atom is -0.423 e. The lowest BCUT2D eigenvalue weighted by Gasteiger charge is -2.30. The largest absolute Gasteiger partial charge is 0.423 e. The summed E-state index contributed by atoms with van der Waals surface area (Å²) in [5.41, 5.74) is 3.68. The predicted octanol–water partition coefficient (Wildman–Crippen LogP) is 8.68. The third-order valence-corrected chi connectivity index (χ3v) is 8.46. The molecule has 5 nitrogen and oxygen atoms in total. The van der Waals surface area contributed by atoms with Gasteiger partial charge in [-0.1, -0.05) is 97.7 Å². The van der Waals surface area contributed by atoms with Crippen LogP contribution in [-0.4, -0.2) is 17.7 Å². The van der Waals surface area contributed by atoms with E-state index >= 15 is 0 Å². The van der Waals surface area contributed by atoms with Gasteiger partial charge >= 0.3 is 11.9 Å². The summed E-state index contributed by atoms with van der Waals surface area (Å²) in [6, 6.07) is 32.3. The second kappa shape index (κ2) is 11.8. The first-order valence-corrected chi connectivity index (χ1v) is 14.9. The normalized spacial score (nSPS) is 13.5. The molecule has 0 aromatic heterocycles.